The molecule has 1 saturated heterocycles. The fourth-order valence-electron chi connectivity index (χ4n) is 2.98. The Morgan fingerprint density at radius 3 is 3.10 bits per heavy atom. The average molecular weight is 271 g/mol. The standard InChI is InChI=1S/C15H21N5/c1-2-20-12-17-8-14(20)10-19-7-3-4-13(9-19)15-5-6-16-11-18-15/h5-6,8,11-13H,2-4,7,9-10H2,1H3/t13-/m0/s1. The Morgan fingerprint density at radius 1 is 1.35 bits per heavy atom. The molecule has 0 saturated carbocycles. The zero-order chi connectivity index (χ0) is 13.8. The van der Waals surface area contributed by atoms with Crippen LogP contribution >= 0.6 is 0 Å². The van der Waals surface area contributed by atoms with Crippen molar-refractivity contribution in [3.8, 4) is 0 Å². The third-order valence-electron chi connectivity index (χ3n) is 4.05. The molecule has 1 aliphatic heterocycles. The van der Waals surface area contributed by atoms with E-state index in [1.165, 1.54) is 24.2 Å². The molecule has 0 amide bonds. The Morgan fingerprint density at radius 2 is 2.30 bits per heavy atom. The molecule has 5 nitrogen and oxygen atoms in total. The summed E-state index contributed by atoms with van der Waals surface area (Å²) in [6.07, 6.45) is 9.85. The SMILES string of the molecule is CCn1cncc1CN1CCC[C@H](c2ccncn2)C1. The molecule has 0 unspecified atom stereocenters. The summed E-state index contributed by atoms with van der Waals surface area (Å²) in [5, 5.41) is 0. The van der Waals surface area contributed by atoms with E-state index in [1.54, 1.807) is 6.33 Å². The lowest BCUT2D eigenvalue weighted by atomic mass is 9.94. The van der Waals surface area contributed by atoms with Crippen molar-refractivity contribution < 1.29 is 0 Å². The van der Waals surface area contributed by atoms with Crippen molar-refractivity contribution in [3.63, 3.8) is 0 Å². The van der Waals surface area contributed by atoms with E-state index in [9.17, 15) is 0 Å². The van der Waals surface area contributed by atoms with Gasteiger partial charge in [0.1, 0.15) is 6.33 Å². The first-order valence-corrected chi connectivity index (χ1v) is 7.34. The lowest BCUT2D eigenvalue weighted by Crippen LogP contribution is -2.34. The third kappa shape index (κ3) is 2.88. The molecule has 106 valence electrons. The van der Waals surface area contributed by atoms with E-state index in [-0.39, 0.29) is 0 Å². The van der Waals surface area contributed by atoms with Crippen LogP contribution in [0, 0.1) is 0 Å². The van der Waals surface area contributed by atoms with Crippen molar-refractivity contribution >= 4 is 0 Å². The van der Waals surface area contributed by atoms with Gasteiger partial charge in [-0.15, -0.1) is 0 Å². The predicted molar refractivity (Wildman–Crippen MR) is 77.2 cm³/mol. The topological polar surface area (TPSA) is 46.8 Å². The highest BCUT2D eigenvalue weighted by Crippen LogP contribution is 2.25. The molecule has 2 aromatic rings. The van der Waals surface area contributed by atoms with Crippen LogP contribution in [0.15, 0.2) is 31.1 Å². The summed E-state index contributed by atoms with van der Waals surface area (Å²) in [6, 6.07) is 2.05. The third-order valence-corrected chi connectivity index (χ3v) is 4.05. The molecular weight excluding hydrogens is 250 g/mol. The number of aromatic nitrogens is 4. The summed E-state index contributed by atoms with van der Waals surface area (Å²) in [4.78, 5) is 15.2. The van der Waals surface area contributed by atoms with E-state index in [2.05, 4.69) is 31.3 Å². The first-order chi connectivity index (χ1) is 9.86. The first kappa shape index (κ1) is 13.2. The van der Waals surface area contributed by atoms with Crippen molar-refractivity contribution in [1.82, 2.24) is 24.4 Å². The molecule has 0 N–H and O–H groups in total. The second-order valence-corrected chi connectivity index (χ2v) is 5.38. The second kappa shape index (κ2) is 6.13. The fourth-order valence-corrected chi connectivity index (χ4v) is 2.98. The molecule has 5 heteroatoms. The zero-order valence-corrected chi connectivity index (χ0v) is 11.9. The van der Waals surface area contributed by atoms with E-state index in [1.807, 2.05) is 24.8 Å². The van der Waals surface area contributed by atoms with Crippen LogP contribution in [0.5, 0.6) is 0 Å². The minimum absolute atomic E-state index is 0.532. The van der Waals surface area contributed by atoms with Gasteiger partial charge in [-0.25, -0.2) is 15.0 Å². The highest BCUT2D eigenvalue weighted by molar-refractivity contribution is 5.08. The van der Waals surface area contributed by atoms with Crippen LogP contribution < -0.4 is 0 Å². The second-order valence-electron chi connectivity index (χ2n) is 5.38. The summed E-state index contributed by atoms with van der Waals surface area (Å²) < 4.78 is 2.22. The minimum Gasteiger partial charge on any atom is -0.334 e. The molecule has 3 heterocycles. The molecule has 0 radical (unpaired) electrons. The number of nitrogens with zero attached hydrogens (tertiary/aromatic N) is 5. The van der Waals surface area contributed by atoms with Gasteiger partial charge in [-0.05, 0) is 32.4 Å². The van der Waals surface area contributed by atoms with E-state index in [0.717, 1.165) is 26.2 Å². The molecule has 1 aliphatic rings. The van der Waals surface area contributed by atoms with E-state index in [0.29, 0.717) is 5.92 Å². The zero-order valence-electron chi connectivity index (χ0n) is 11.9. The Labute approximate surface area is 119 Å². The molecule has 1 fully saturated rings. The number of piperidine rings is 1. The van der Waals surface area contributed by atoms with Gasteiger partial charge in [-0.2, -0.15) is 0 Å². The van der Waals surface area contributed by atoms with Crippen LogP contribution in [0.2, 0.25) is 0 Å². The number of likely N-dealkylation sites (tertiary alicyclic amines) is 1. The monoisotopic (exact) mass is 271 g/mol. The van der Waals surface area contributed by atoms with Gasteiger partial charge in [0.15, 0.2) is 0 Å². The molecule has 1 atom stereocenters. The highest BCUT2D eigenvalue weighted by Gasteiger charge is 2.22. The highest BCUT2D eigenvalue weighted by atomic mass is 15.2. The van der Waals surface area contributed by atoms with Gasteiger partial charge in [-0.3, -0.25) is 4.90 Å². The van der Waals surface area contributed by atoms with Crippen LogP contribution in [0.1, 0.15) is 37.1 Å². The van der Waals surface area contributed by atoms with Crippen molar-refractivity contribution in [2.45, 2.75) is 38.8 Å². The lowest BCUT2D eigenvalue weighted by molar-refractivity contribution is 0.194. The van der Waals surface area contributed by atoms with Crippen LogP contribution in [0.25, 0.3) is 0 Å². The summed E-state index contributed by atoms with van der Waals surface area (Å²) >= 11 is 0. The molecule has 20 heavy (non-hydrogen) atoms. The number of hydrogen-bond acceptors (Lipinski definition) is 4. The average Bonchev–Trinajstić information content (AvgIpc) is 2.96. The quantitative estimate of drug-likeness (QED) is 0.854. The van der Waals surface area contributed by atoms with Crippen LogP contribution in [0.4, 0.5) is 0 Å². The largest absolute Gasteiger partial charge is 0.334 e. The van der Waals surface area contributed by atoms with Crippen molar-refractivity contribution in [2.24, 2.45) is 0 Å². The number of aryl methyl sites for hydroxylation is 1. The van der Waals surface area contributed by atoms with E-state index in [4.69, 9.17) is 0 Å². The van der Waals surface area contributed by atoms with E-state index < -0.39 is 0 Å². The summed E-state index contributed by atoms with van der Waals surface area (Å²) in [7, 11) is 0. The Hall–Kier alpha value is -1.75. The van der Waals surface area contributed by atoms with Gasteiger partial charge in [-0.1, -0.05) is 0 Å². The van der Waals surface area contributed by atoms with Gasteiger partial charge < -0.3 is 4.57 Å². The van der Waals surface area contributed by atoms with Gasteiger partial charge in [0, 0.05) is 43.6 Å². The van der Waals surface area contributed by atoms with Gasteiger partial charge in [0.25, 0.3) is 0 Å². The van der Waals surface area contributed by atoms with Crippen molar-refractivity contribution in [1.29, 1.82) is 0 Å². The molecule has 3 rings (SSSR count). The Balaban J connectivity index is 1.67. The maximum absolute atomic E-state index is 4.41. The van der Waals surface area contributed by atoms with Gasteiger partial charge in [0.2, 0.25) is 0 Å². The van der Waals surface area contributed by atoms with E-state index >= 15 is 0 Å². The molecule has 2 aromatic heterocycles. The van der Waals surface area contributed by atoms with Gasteiger partial charge in [0.05, 0.1) is 12.0 Å². The Kier molecular flexibility index (Phi) is 4.06. The van der Waals surface area contributed by atoms with Crippen LogP contribution in [0.3, 0.4) is 0 Å². The van der Waals surface area contributed by atoms with Gasteiger partial charge >= 0.3 is 0 Å². The minimum atomic E-state index is 0.532. The van der Waals surface area contributed by atoms with Crippen molar-refractivity contribution in [3.05, 3.63) is 42.5 Å². The molecule has 0 aromatic carbocycles. The normalized spacial score (nSPS) is 20.1. The first-order valence-electron chi connectivity index (χ1n) is 7.34. The summed E-state index contributed by atoms with van der Waals surface area (Å²) in [6.45, 7) is 6.36. The molecule has 0 aliphatic carbocycles. The molecule has 0 spiro atoms. The molecule has 0 bridgehead atoms. The predicted octanol–water partition coefficient (Wildman–Crippen LogP) is 2.07. The number of imidazole rings is 1. The summed E-state index contributed by atoms with van der Waals surface area (Å²) in [5.74, 6) is 0.532. The smallest absolute Gasteiger partial charge is 0.115 e. The summed E-state index contributed by atoms with van der Waals surface area (Å²) in [5.41, 5.74) is 2.48. The lowest BCUT2D eigenvalue weighted by Gasteiger charge is -2.32. The van der Waals surface area contributed by atoms with Crippen LogP contribution in [-0.4, -0.2) is 37.5 Å². The van der Waals surface area contributed by atoms with Crippen LogP contribution in [-0.2, 0) is 13.1 Å². The maximum Gasteiger partial charge on any atom is 0.115 e. The number of rotatable bonds is 4. The molecular formula is C15H21N5. The fraction of sp³-hybridized carbons (Fsp3) is 0.533. The number of hydrogen-bond donors (Lipinski definition) is 0. The maximum atomic E-state index is 4.41. The Bertz CT molecular complexity index is 536. The van der Waals surface area contributed by atoms with Crippen molar-refractivity contribution in [2.75, 3.05) is 13.1 Å².